The molecule has 2 N–H and O–H groups in total. The van der Waals surface area contributed by atoms with Crippen molar-refractivity contribution in [3.8, 4) is 5.75 Å². The van der Waals surface area contributed by atoms with E-state index in [1.54, 1.807) is 12.3 Å². The third kappa shape index (κ3) is 3.47. The number of carbonyl (C=O) groups excluding carboxylic acids is 1. The first kappa shape index (κ1) is 14.6. The van der Waals surface area contributed by atoms with Gasteiger partial charge in [-0.3, -0.25) is 9.89 Å². The summed E-state index contributed by atoms with van der Waals surface area (Å²) in [7, 11) is 0. The molecular formula is C17H21N3O2. The second-order valence-corrected chi connectivity index (χ2v) is 5.86. The van der Waals surface area contributed by atoms with Crippen LogP contribution in [0.4, 0.5) is 0 Å². The maximum Gasteiger partial charge on any atom is 0.222 e. The molecule has 1 amide bonds. The van der Waals surface area contributed by atoms with Gasteiger partial charge in [-0.05, 0) is 48.4 Å². The van der Waals surface area contributed by atoms with E-state index in [9.17, 15) is 9.90 Å². The topological polar surface area (TPSA) is 69.2 Å². The van der Waals surface area contributed by atoms with Crippen LogP contribution < -0.4 is 0 Å². The predicted molar refractivity (Wildman–Crippen MR) is 83.6 cm³/mol. The molecule has 0 saturated carbocycles. The number of amides is 1. The molecule has 5 heteroatoms. The number of phenolic OH excluding ortho intramolecular Hbond substituents is 1. The van der Waals surface area contributed by atoms with Gasteiger partial charge >= 0.3 is 0 Å². The van der Waals surface area contributed by atoms with Gasteiger partial charge in [-0.25, -0.2) is 0 Å². The molecule has 1 aliphatic heterocycles. The summed E-state index contributed by atoms with van der Waals surface area (Å²) >= 11 is 0. The lowest BCUT2D eigenvalue weighted by molar-refractivity contribution is -0.132. The molecule has 1 aromatic heterocycles. The summed E-state index contributed by atoms with van der Waals surface area (Å²) in [6.45, 7) is 1.59. The van der Waals surface area contributed by atoms with Crippen LogP contribution in [-0.2, 0) is 11.2 Å². The van der Waals surface area contributed by atoms with Gasteiger partial charge in [0.25, 0.3) is 0 Å². The molecule has 2 aromatic rings. The first-order valence-corrected chi connectivity index (χ1v) is 7.77. The summed E-state index contributed by atoms with van der Waals surface area (Å²) in [5.41, 5.74) is 2.24. The zero-order valence-corrected chi connectivity index (χ0v) is 12.5. The monoisotopic (exact) mass is 299 g/mol. The number of aromatic hydroxyl groups is 1. The quantitative estimate of drug-likeness (QED) is 0.911. The number of nitrogens with zero attached hydrogens (tertiary/aromatic N) is 2. The summed E-state index contributed by atoms with van der Waals surface area (Å²) in [4.78, 5) is 14.2. The molecule has 0 atom stereocenters. The van der Waals surface area contributed by atoms with E-state index in [1.165, 1.54) is 5.56 Å². The highest BCUT2D eigenvalue weighted by atomic mass is 16.3. The van der Waals surface area contributed by atoms with E-state index in [1.807, 2.05) is 23.2 Å². The van der Waals surface area contributed by atoms with E-state index in [4.69, 9.17) is 0 Å². The minimum atomic E-state index is 0.218. The number of piperidine rings is 1. The number of benzene rings is 1. The second kappa shape index (κ2) is 6.64. The summed E-state index contributed by atoms with van der Waals surface area (Å²) in [5, 5.41) is 16.2. The van der Waals surface area contributed by atoms with Gasteiger partial charge < -0.3 is 10.0 Å². The minimum absolute atomic E-state index is 0.218. The Morgan fingerprint density at radius 1 is 1.36 bits per heavy atom. The predicted octanol–water partition coefficient (Wildman–Crippen LogP) is 2.45. The van der Waals surface area contributed by atoms with E-state index < -0.39 is 0 Å². The summed E-state index contributed by atoms with van der Waals surface area (Å²) in [5.74, 6) is 0.969. The third-order valence-corrected chi connectivity index (χ3v) is 4.37. The average Bonchev–Trinajstić information content (AvgIpc) is 3.06. The number of hydrogen-bond acceptors (Lipinski definition) is 3. The van der Waals surface area contributed by atoms with Crippen molar-refractivity contribution < 1.29 is 9.90 Å². The maximum absolute atomic E-state index is 12.2. The lowest BCUT2D eigenvalue weighted by atomic mass is 9.89. The van der Waals surface area contributed by atoms with Crippen molar-refractivity contribution in [3.63, 3.8) is 0 Å². The zero-order valence-electron chi connectivity index (χ0n) is 12.5. The smallest absolute Gasteiger partial charge is 0.222 e. The maximum atomic E-state index is 12.2. The zero-order chi connectivity index (χ0) is 15.4. The van der Waals surface area contributed by atoms with Crippen molar-refractivity contribution in [2.45, 2.75) is 31.6 Å². The van der Waals surface area contributed by atoms with Gasteiger partial charge in [-0.1, -0.05) is 12.1 Å². The Kier molecular flexibility index (Phi) is 4.42. The summed E-state index contributed by atoms with van der Waals surface area (Å²) in [6.07, 6.45) is 6.79. The van der Waals surface area contributed by atoms with Gasteiger partial charge in [0.1, 0.15) is 5.75 Å². The van der Waals surface area contributed by atoms with Gasteiger partial charge in [0.2, 0.25) is 5.91 Å². The highest BCUT2D eigenvalue weighted by molar-refractivity contribution is 5.76. The fourth-order valence-corrected chi connectivity index (χ4v) is 3.06. The Morgan fingerprint density at radius 3 is 2.86 bits per heavy atom. The van der Waals surface area contributed by atoms with Crippen molar-refractivity contribution in [2.75, 3.05) is 13.1 Å². The van der Waals surface area contributed by atoms with E-state index >= 15 is 0 Å². The molecule has 2 heterocycles. The van der Waals surface area contributed by atoms with Gasteiger partial charge in [-0.2, -0.15) is 5.10 Å². The number of likely N-dealkylation sites (tertiary alicyclic amines) is 1. The first-order chi connectivity index (χ1) is 10.7. The van der Waals surface area contributed by atoms with Crippen LogP contribution in [-0.4, -0.2) is 39.2 Å². The van der Waals surface area contributed by atoms with Crippen LogP contribution in [0.1, 0.15) is 36.3 Å². The van der Waals surface area contributed by atoms with Crippen molar-refractivity contribution in [2.24, 2.45) is 0 Å². The first-order valence-electron chi connectivity index (χ1n) is 7.77. The molecule has 3 rings (SSSR count). The Morgan fingerprint density at radius 2 is 2.18 bits per heavy atom. The lowest BCUT2D eigenvalue weighted by Gasteiger charge is -2.32. The number of nitrogens with one attached hydrogen (secondary N) is 1. The number of phenols is 1. The van der Waals surface area contributed by atoms with Crippen molar-refractivity contribution in [3.05, 3.63) is 47.8 Å². The molecule has 5 nitrogen and oxygen atoms in total. The van der Waals surface area contributed by atoms with Crippen LogP contribution in [0.2, 0.25) is 0 Å². The molecular weight excluding hydrogens is 278 g/mol. The number of aromatic amines is 1. The molecule has 116 valence electrons. The highest BCUT2D eigenvalue weighted by Gasteiger charge is 2.23. The SMILES string of the molecule is O=C(CCc1cn[nH]c1)N1CCC(c2cccc(O)c2)CC1. The number of hydrogen-bond donors (Lipinski definition) is 2. The van der Waals surface area contributed by atoms with E-state index in [0.29, 0.717) is 18.1 Å². The molecule has 0 spiro atoms. The van der Waals surface area contributed by atoms with Crippen molar-refractivity contribution in [1.82, 2.24) is 15.1 Å². The van der Waals surface area contributed by atoms with E-state index in [2.05, 4.69) is 16.3 Å². The Labute approximate surface area is 130 Å². The van der Waals surface area contributed by atoms with Gasteiger partial charge in [0.05, 0.1) is 6.20 Å². The van der Waals surface area contributed by atoms with Crippen LogP contribution in [0.3, 0.4) is 0 Å². The van der Waals surface area contributed by atoms with Crippen LogP contribution in [0.25, 0.3) is 0 Å². The van der Waals surface area contributed by atoms with E-state index in [0.717, 1.165) is 37.9 Å². The molecule has 22 heavy (non-hydrogen) atoms. The number of H-pyrrole nitrogens is 1. The number of aromatic nitrogens is 2. The third-order valence-electron chi connectivity index (χ3n) is 4.37. The molecule has 0 aliphatic carbocycles. The van der Waals surface area contributed by atoms with E-state index in [-0.39, 0.29) is 5.91 Å². The summed E-state index contributed by atoms with van der Waals surface area (Å²) in [6, 6.07) is 7.47. The Hall–Kier alpha value is -2.30. The normalized spacial score (nSPS) is 15.9. The number of carbonyl (C=O) groups is 1. The number of rotatable bonds is 4. The minimum Gasteiger partial charge on any atom is -0.508 e. The standard InChI is InChI=1S/C17H21N3O2/c21-16-3-1-2-15(10-16)14-6-8-20(9-7-14)17(22)5-4-13-11-18-19-12-13/h1-3,10-12,14,21H,4-9H2,(H,18,19). The molecule has 1 saturated heterocycles. The fraction of sp³-hybridized carbons (Fsp3) is 0.412. The van der Waals surface area contributed by atoms with Crippen LogP contribution >= 0.6 is 0 Å². The average molecular weight is 299 g/mol. The Balaban J connectivity index is 1.49. The Bertz CT molecular complexity index is 617. The van der Waals surface area contributed by atoms with Crippen molar-refractivity contribution >= 4 is 5.91 Å². The number of aryl methyl sites for hydroxylation is 1. The van der Waals surface area contributed by atoms with Crippen LogP contribution in [0.5, 0.6) is 5.75 Å². The molecule has 0 unspecified atom stereocenters. The molecule has 0 bridgehead atoms. The summed E-state index contributed by atoms with van der Waals surface area (Å²) < 4.78 is 0. The highest BCUT2D eigenvalue weighted by Crippen LogP contribution is 2.30. The molecule has 0 radical (unpaired) electrons. The van der Waals surface area contributed by atoms with Gasteiger partial charge in [-0.15, -0.1) is 0 Å². The van der Waals surface area contributed by atoms with Gasteiger partial charge in [0, 0.05) is 25.7 Å². The second-order valence-electron chi connectivity index (χ2n) is 5.86. The van der Waals surface area contributed by atoms with Gasteiger partial charge in [0.15, 0.2) is 0 Å². The van der Waals surface area contributed by atoms with Crippen LogP contribution in [0.15, 0.2) is 36.7 Å². The largest absolute Gasteiger partial charge is 0.508 e. The van der Waals surface area contributed by atoms with Crippen LogP contribution in [0, 0.1) is 0 Å². The fourth-order valence-electron chi connectivity index (χ4n) is 3.06. The molecule has 1 aliphatic rings. The molecule has 1 fully saturated rings. The van der Waals surface area contributed by atoms with Crippen molar-refractivity contribution in [1.29, 1.82) is 0 Å². The lowest BCUT2D eigenvalue weighted by Crippen LogP contribution is -2.38. The molecule has 1 aromatic carbocycles.